The standard InChI is InChI=1S/C13H11IN2O4S/c1-9-8-10(14)6-7-11(9)15-21(19,20)13-5-3-2-4-12(13)16(17)18/h2-8,15H,1H3. The van der Waals surface area contributed by atoms with Crippen molar-refractivity contribution in [3.05, 3.63) is 61.7 Å². The number of sulfonamides is 1. The first-order chi connectivity index (χ1) is 9.81. The largest absolute Gasteiger partial charge is 0.289 e. The Kier molecular flexibility index (Phi) is 4.47. The van der Waals surface area contributed by atoms with Crippen LogP contribution in [0.25, 0.3) is 0 Å². The Morgan fingerprint density at radius 1 is 1.19 bits per heavy atom. The van der Waals surface area contributed by atoms with Gasteiger partial charge in [0.25, 0.3) is 15.7 Å². The zero-order chi connectivity index (χ0) is 15.6. The molecule has 0 unspecified atom stereocenters. The van der Waals surface area contributed by atoms with E-state index in [2.05, 4.69) is 27.3 Å². The zero-order valence-electron chi connectivity index (χ0n) is 10.9. The van der Waals surface area contributed by atoms with E-state index in [0.717, 1.165) is 15.2 Å². The first kappa shape index (κ1) is 15.7. The maximum absolute atomic E-state index is 12.3. The van der Waals surface area contributed by atoms with Crippen molar-refractivity contribution in [2.75, 3.05) is 4.72 Å². The van der Waals surface area contributed by atoms with Gasteiger partial charge < -0.3 is 0 Å². The lowest BCUT2D eigenvalue weighted by atomic mass is 10.2. The van der Waals surface area contributed by atoms with Gasteiger partial charge in [0, 0.05) is 9.64 Å². The van der Waals surface area contributed by atoms with Crippen molar-refractivity contribution >= 4 is 44.0 Å². The van der Waals surface area contributed by atoms with Gasteiger partial charge in [0.1, 0.15) is 0 Å². The van der Waals surface area contributed by atoms with Crippen LogP contribution in [0.2, 0.25) is 0 Å². The lowest BCUT2D eigenvalue weighted by Crippen LogP contribution is -2.15. The molecule has 1 N–H and O–H groups in total. The van der Waals surface area contributed by atoms with Gasteiger partial charge in [-0.15, -0.1) is 0 Å². The number of hydrogen-bond acceptors (Lipinski definition) is 4. The number of hydrogen-bond donors (Lipinski definition) is 1. The van der Waals surface area contributed by atoms with Crippen molar-refractivity contribution in [2.24, 2.45) is 0 Å². The van der Waals surface area contributed by atoms with Crippen LogP contribution in [0.15, 0.2) is 47.4 Å². The van der Waals surface area contributed by atoms with E-state index in [1.807, 2.05) is 6.07 Å². The van der Waals surface area contributed by atoms with E-state index in [-0.39, 0.29) is 4.90 Å². The number of halogens is 1. The molecule has 0 heterocycles. The van der Waals surface area contributed by atoms with Crippen molar-refractivity contribution in [1.29, 1.82) is 0 Å². The van der Waals surface area contributed by atoms with Crippen LogP contribution in [0.4, 0.5) is 11.4 Å². The van der Waals surface area contributed by atoms with Gasteiger partial charge in [-0.2, -0.15) is 0 Å². The van der Waals surface area contributed by atoms with Gasteiger partial charge >= 0.3 is 0 Å². The fourth-order valence-electron chi connectivity index (χ4n) is 1.78. The molecule has 0 aliphatic rings. The minimum absolute atomic E-state index is 0.354. The third kappa shape index (κ3) is 3.50. The highest BCUT2D eigenvalue weighted by Crippen LogP contribution is 2.26. The van der Waals surface area contributed by atoms with Crippen molar-refractivity contribution in [3.63, 3.8) is 0 Å². The first-order valence-corrected chi connectivity index (χ1v) is 8.40. The highest BCUT2D eigenvalue weighted by Gasteiger charge is 2.25. The average molecular weight is 418 g/mol. The molecule has 0 bridgehead atoms. The molecule has 6 nitrogen and oxygen atoms in total. The Morgan fingerprint density at radius 2 is 1.86 bits per heavy atom. The molecule has 8 heteroatoms. The van der Waals surface area contributed by atoms with Crippen LogP contribution in [0.3, 0.4) is 0 Å². The third-order valence-corrected chi connectivity index (χ3v) is 4.87. The summed E-state index contributed by atoms with van der Waals surface area (Å²) in [4.78, 5) is 9.88. The molecule has 0 aliphatic heterocycles. The molecule has 21 heavy (non-hydrogen) atoms. The van der Waals surface area contributed by atoms with Crippen molar-refractivity contribution in [3.8, 4) is 0 Å². The first-order valence-electron chi connectivity index (χ1n) is 5.83. The lowest BCUT2D eigenvalue weighted by molar-refractivity contribution is -0.387. The number of nitro groups is 1. The van der Waals surface area contributed by atoms with Gasteiger partial charge in [-0.05, 0) is 59.3 Å². The summed E-state index contributed by atoms with van der Waals surface area (Å²) in [6.45, 7) is 1.76. The molecule has 0 saturated heterocycles. The van der Waals surface area contributed by atoms with Gasteiger partial charge in [0.15, 0.2) is 4.90 Å². The van der Waals surface area contributed by atoms with E-state index in [9.17, 15) is 18.5 Å². The summed E-state index contributed by atoms with van der Waals surface area (Å²) in [5, 5.41) is 10.9. The molecule has 0 spiro atoms. The van der Waals surface area contributed by atoms with Gasteiger partial charge in [-0.25, -0.2) is 8.42 Å². The summed E-state index contributed by atoms with van der Waals surface area (Å²) in [7, 11) is -4.02. The van der Waals surface area contributed by atoms with Crippen molar-refractivity contribution < 1.29 is 13.3 Å². The summed E-state index contributed by atoms with van der Waals surface area (Å²) in [6, 6.07) is 10.4. The number of nitrogens with zero attached hydrogens (tertiary/aromatic N) is 1. The highest BCUT2D eigenvalue weighted by molar-refractivity contribution is 14.1. The number of benzene rings is 2. The Labute approximate surface area is 135 Å². The maximum atomic E-state index is 12.3. The minimum atomic E-state index is -4.02. The minimum Gasteiger partial charge on any atom is -0.279 e. The van der Waals surface area contributed by atoms with E-state index in [4.69, 9.17) is 0 Å². The second-order valence-corrected chi connectivity index (χ2v) is 7.19. The van der Waals surface area contributed by atoms with E-state index >= 15 is 0 Å². The van der Waals surface area contributed by atoms with Gasteiger partial charge in [0.2, 0.25) is 0 Å². The Balaban J connectivity index is 2.46. The molecule has 0 saturated carbocycles. The van der Waals surface area contributed by atoms with Crippen LogP contribution in [0.5, 0.6) is 0 Å². The molecule has 0 amide bonds. The predicted molar refractivity (Wildman–Crippen MR) is 87.8 cm³/mol. The van der Waals surface area contributed by atoms with Crippen LogP contribution in [-0.4, -0.2) is 13.3 Å². The SMILES string of the molecule is Cc1cc(I)ccc1NS(=O)(=O)c1ccccc1[N+](=O)[O-]. The lowest BCUT2D eigenvalue weighted by Gasteiger charge is -2.11. The van der Waals surface area contributed by atoms with E-state index < -0.39 is 20.6 Å². The van der Waals surface area contributed by atoms with Crippen LogP contribution in [-0.2, 0) is 10.0 Å². The van der Waals surface area contributed by atoms with Crippen LogP contribution in [0, 0.1) is 20.6 Å². The number of anilines is 1. The molecule has 110 valence electrons. The normalized spacial score (nSPS) is 11.1. The Hall–Kier alpha value is -1.68. The predicted octanol–water partition coefficient (Wildman–Crippen LogP) is 3.31. The van der Waals surface area contributed by atoms with E-state index in [1.165, 1.54) is 18.2 Å². The second-order valence-electron chi connectivity index (χ2n) is 4.29. The molecule has 0 aromatic heterocycles. The quantitative estimate of drug-likeness (QED) is 0.469. The number of aryl methyl sites for hydroxylation is 1. The molecule has 2 rings (SSSR count). The molecule has 0 aliphatic carbocycles. The van der Waals surface area contributed by atoms with Crippen molar-refractivity contribution in [2.45, 2.75) is 11.8 Å². The van der Waals surface area contributed by atoms with E-state index in [0.29, 0.717) is 5.69 Å². The van der Waals surface area contributed by atoms with Gasteiger partial charge in [0.05, 0.1) is 10.6 Å². The smallest absolute Gasteiger partial charge is 0.279 e. The monoisotopic (exact) mass is 418 g/mol. The van der Waals surface area contributed by atoms with Crippen LogP contribution < -0.4 is 4.72 Å². The number of nitrogens with one attached hydrogen (secondary N) is 1. The van der Waals surface area contributed by atoms with Crippen molar-refractivity contribution in [1.82, 2.24) is 0 Å². The number of nitro benzene ring substituents is 1. The summed E-state index contributed by atoms with van der Waals surface area (Å²) in [6.07, 6.45) is 0. The fourth-order valence-corrected chi connectivity index (χ4v) is 3.73. The zero-order valence-corrected chi connectivity index (χ0v) is 13.9. The molecular weight excluding hydrogens is 407 g/mol. The highest BCUT2D eigenvalue weighted by atomic mass is 127. The topological polar surface area (TPSA) is 89.3 Å². The second kappa shape index (κ2) is 5.98. The van der Waals surface area contributed by atoms with Crippen LogP contribution in [0.1, 0.15) is 5.56 Å². The summed E-state index contributed by atoms with van der Waals surface area (Å²) >= 11 is 2.12. The van der Waals surface area contributed by atoms with Crippen LogP contribution >= 0.6 is 22.6 Å². The fraction of sp³-hybridized carbons (Fsp3) is 0.0769. The van der Waals surface area contributed by atoms with Gasteiger partial charge in [-0.1, -0.05) is 12.1 Å². The molecular formula is C13H11IN2O4S. The number of rotatable bonds is 4. The molecule has 2 aromatic carbocycles. The Morgan fingerprint density at radius 3 is 2.48 bits per heavy atom. The number of para-hydroxylation sites is 1. The maximum Gasteiger partial charge on any atom is 0.289 e. The molecule has 0 fully saturated rings. The third-order valence-electron chi connectivity index (χ3n) is 2.78. The Bertz CT molecular complexity index is 806. The molecule has 2 aromatic rings. The summed E-state index contributed by atoms with van der Waals surface area (Å²) in [5.74, 6) is 0. The van der Waals surface area contributed by atoms with E-state index in [1.54, 1.807) is 19.1 Å². The summed E-state index contributed by atoms with van der Waals surface area (Å²) in [5.41, 5.74) is 0.686. The molecule has 0 atom stereocenters. The molecule has 0 radical (unpaired) electrons. The average Bonchev–Trinajstić information content (AvgIpc) is 2.42. The van der Waals surface area contributed by atoms with Gasteiger partial charge in [-0.3, -0.25) is 14.8 Å². The summed E-state index contributed by atoms with van der Waals surface area (Å²) < 4.78 is 28.1.